The summed E-state index contributed by atoms with van der Waals surface area (Å²) in [6, 6.07) is -0.349. The number of fused-ring (bicyclic) bond motifs is 1. The molecule has 2 aromatic heterocycles. The van der Waals surface area contributed by atoms with Gasteiger partial charge in [-0.15, -0.1) is 0 Å². The molecule has 3 heterocycles. The Morgan fingerprint density at radius 3 is 2.90 bits per heavy atom. The molecule has 7 heteroatoms. The molecule has 1 fully saturated rings. The standard InChI is InChI=1S/C14H20N6O/c1-10(14(21)19-6-3-2-4-7-19)17-12-13-16-5-8-20(13)9-11(15)18-12/h5,8-10H,2-4,6-7,15H2,1H3,(H,17,18). The lowest BCUT2D eigenvalue weighted by Gasteiger charge is -2.29. The van der Waals surface area contributed by atoms with Gasteiger partial charge in [-0.25, -0.2) is 9.97 Å². The SMILES string of the molecule is CC(Nc1nc(N)cn2ccnc12)C(=O)N1CCCCC1. The van der Waals surface area contributed by atoms with Crippen molar-refractivity contribution in [1.82, 2.24) is 19.3 Å². The molecule has 7 nitrogen and oxygen atoms in total. The Bertz CT molecular complexity index is 646. The number of nitrogens with one attached hydrogen (secondary N) is 1. The van der Waals surface area contributed by atoms with Gasteiger partial charge in [0.05, 0.1) is 6.20 Å². The maximum absolute atomic E-state index is 12.4. The van der Waals surface area contributed by atoms with Crippen molar-refractivity contribution in [1.29, 1.82) is 0 Å². The van der Waals surface area contributed by atoms with Crippen LogP contribution in [-0.4, -0.2) is 44.3 Å². The van der Waals surface area contributed by atoms with Gasteiger partial charge >= 0.3 is 0 Å². The van der Waals surface area contributed by atoms with E-state index in [1.54, 1.807) is 23.0 Å². The smallest absolute Gasteiger partial charge is 0.244 e. The fourth-order valence-electron chi connectivity index (χ4n) is 2.70. The summed E-state index contributed by atoms with van der Waals surface area (Å²) in [7, 11) is 0. The number of rotatable bonds is 3. The van der Waals surface area contributed by atoms with Gasteiger partial charge in [0.25, 0.3) is 0 Å². The number of anilines is 2. The number of hydrogen-bond donors (Lipinski definition) is 2. The van der Waals surface area contributed by atoms with E-state index < -0.39 is 0 Å². The molecule has 1 atom stereocenters. The number of nitrogens with two attached hydrogens (primary N) is 1. The zero-order chi connectivity index (χ0) is 14.8. The summed E-state index contributed by atoms with van der Waals surface area (Å²) in [5.41, 5.74) is 6.45. The predicted molar refractivity (Wildman–Crippen MR) is 80.9 cm³/mol. The van der Waals surface area contributed by atoms with Gasteiger partial charge in [0.15, 0.2) is 11.5 Å². The highest BCUT2D eigenvalue weighted by Gasteiger charge is 2.23. The number of likely N-dealkylation sites (tertiary alicyclic amines) is 1. The Morgan fingerprint density at radius 1 is 1.38 bits per heavy atom. The zero-order valence-electron chi connectivity index (χ0n) is 12.1. The van der Waals surface area contributed by atoms with E-state index in [0.717, 1.165) is 25.9 Å². The second-order valence-electron chi connectivity index (χ2n) is 5.42. The number of aromatic nitrogens is 3. The molecule has 0 saturated carbocycles. The fraction of sp³-hybridized carbons (Fsp3) is 0.500. The first-order chi connectivity index (χ1) is 10.1. The zero-order valence-corrected chi connectivity index (χ0v) is 12.1. The third-order valence-corrected chi connectivity index (χ3v) is 3.78. The fourth-order valence-corrected chi connectivity index (χ4v) is 2.70. The molecule has 3 rings (SSSR count). The van der Waals surface area contributed by atoms with E-state index in [0.29, 0.717) is 17.3 Å². The van der Waals surface area contributed by atoms with Crippen LogP contribution in [0.25, 0.3) is 5.65 Å². The molecule has 0 radical (unpaired) electrons. The van der Waals surface area contributed by atoms with Gasteiger partial charge in [-0.1, -0.05) is 0 Å². The van der Waals surface area contributed by atoms with Gasteiger partial charge in [-0.05, 0) is 26.2 Å². The van der Waals surface area contributed by atoms with Crippen molar-refractivity contribution in [2.24, 2.45) is 0 Å². The van der Waals surface area contributed by atoms with Crippen molar-refractivity contribution >= 4 is 23.2 Å². The van der Waals surface area contributed by atoms with Gasteiger partial charge in [-0.3, -0.25) is 4.79 Å². The average molecular weight is 288 g/mol. The van der Waals surface area contributed by atoms with Gasteiger partial charge in [0, 0.05) is 25.5 Å². The third-order valence-electron chi connectivity index (χ3n) is 3.78. The molecule has 1 aliphatic heterocycles. The second-order valence-corrected chi connectivity index (χ2v) is 5.42. The third kappa shape index (κ3) is 2.76. The van der Waals surface area contributed by atoms with Crippen LogP contribution < -0.4 is 11.1 Å². The molecule has 0 aromatic carbocycles. The molecular formula is C14H20N6O. The number of nitrogen functional groups attached to an aromatic ring is 1. The summed E-state index contributed by atoms with van der Waals surface area (Å²) < 4.78 is 1.79. The van der Waals surface area contributed by atoms with Crippen LogP contribution in [0.4, 0.5) is 11.6 Å². The van der Waals surface area contributed by atoms with E-state index in [2.05, 4.69) is 15.3 Å². The Morgan fingerprint density at radius 2 is 2.14 bits per heavy atom. The number of hydrogen-bond acceptors (Lipinski definition) is 5. The van der Waals surface area contributed by atoms with Crippen molar-refractivity contribution < 1.29 is 4.79 Å². The molecule has 1 unspecified atom stereocenters. The van der Waals surface area contributed by atoms with Crippen LogP contribution in [0.15, 0.2) is 18.6 Å². The van der Waals surface area contributed by atoms with Gasteiger partial charge in [-0.2, -0.15) is 0 Å². The molecule has 1 aliphatic rings. The van der Waals surface area contributed by atoms with Crippen LogP contribution in [0.1, 0.15) is 26.2 Å². The molecule has 1 saturated heterocycles. The summed E-state index contributed by atoms with van der Waals surface area (Å²) in [5.74, 6) is 1.03. The minimum absolute atomic E-state index is 0.101. The number of imidazole rings is 1. The van der Waals surface area contributed by atoms with Gasteiger partial charge < -0.3 is 20.4 Å². The first-order valence-electron chi connectivity index (χ1n) is 7.29. The summed E-state index contributed by atoms with van der Waals surface area (Å²) in [5, 5.41) is 3.14. The monoisotopic (exact) mass is 288 g/mol. The van der Waals surface area contributed by atoms with Crippen LogP contribution in [0.5, 0.6) is 0 Å². The summed E-state index contributed by atoms with van der Waals surface area (Å²) in [6.45, 7) is 3.53. The molecule has 3 N–H and O–H groups in total. The predicted octanol–water partition coefficient (Wildman–Crippen LogP) is 1.12. The Balaban J connectivity index is 1.77. The molecule has 21 heavy (non-hydrogen) atoms. The first kappa shape index (κ1) is 13.7. The second kappa shape index (κ2) is 5.59. The molecule has 2 aromatic rings. The lowest BCUT2D eigenvalue weighted by molar-refractivity contribution is -0.132. The van der Waals surface area contributed by atoms with Gasteiger partial charge in [0.1, 0.15) is 11.9 Å². The highest BCUT2D eigenvalue weighted by molar-refractivity contribution is 5.85. The summed E-state index contributed by atoms with van der Waals surface area (Å²) in [6.07, 6.45) is 8.55. The molecule has 0 bridgehead atoms. The largest absolute Gasteiger partial charge is 0.382 e. The maximum atomic E-state index is 12.4. The molecule has 112 valence electrons. The van der Waals surface area contributed by atoms with Crippen molar-refractivity contribution in [2.45, 2.75) is 32.2 Å². The van der Waals surface area contributed by atoms with Crippen molar-refractivity contribution in [3.8, 4) is 0 Å². The molecule has 0 spiro atoms. The maximum Gasteiger partial charge on any atom is 0.244 e. The van der Waals surface area contributed by atoms with Crippen molar-refractivity contribution in [3.05, 3.63) is 18.6 Å². The highest BCUT2D eigenvalue weighted by Crippen LogP contribution is 2.17. The van der Waals surface area contributed by atoms with E-state index in [1.807, 2.05) is 11.8 Å². The van der Waals surface area contributed by atoms with Crippen LogP contribution >= 0.6 is 0 Å². The van der Waals surface area contributed by atoms with E-state index in [4.69, 9.17) is 5.73 Å². The Hall–Kier alpha value is -2.31. The number of nitrogens with zero attached hydrogens (tertiary/aromatic N) is 4. The van der Waals surface area contributed by atoms with Crippen molar-refractivity contribution in [3.63, 3.8) is 0 Å². The quantitative estimate of drug-likeness (QED) is 0.883. The summed E-state index contributed by atoms with van der Waals surface area (Å²) in [4.78, 5) is 22.8. The minimum Gasteiger partial charge on any atom is -0.382 e. The highest BCUT2D eigenvalue weighted by atomic mass is 16.2. The summed E-state index contributed by atoms with van der Waals surface area (Å²) >= 11 is 0. The normalized spacial score (nSPS) is 16.9. The van der Waals surface area contributed by atoms with Crippen LogP contribution in [0.2, 0.25) is 0 Å². The number of amides is 1. The molecule has 1 amide bonds. The molecular weight excluding hydrogens is 268 g/mol. The molecule has 0 aliphatic carbocycles. The number of carbonyl (C=O) groups is 1. The van der Waals surface area contributed by atoms with E-state index in [1.165, 1.54) is 6.42 Å². The lowest BCUT2D eigenvalue weighted by Crippen LogP contribution is -2.44. The van der Waals surface area contributed by atoms with Crippen LogP contribution in [0.3, 0.4) is 0 Å². The lowest BCUT2D eigenvalue weighted by atomic mass is 10.1. The Labute approximate surface area is 123 Å². The average Bonchev–Trinajstić information content (AvgIpc) is 2.95. The number of carbonyl (C=O) groups excluding carboxylic acids is 1. The Kier molecular flexibility index (Phi) is 3.64. The van der Waals surface area contributed by atoms with E-state index in [9.17, 15) is 4.79 Å². The number of piperidine rings is 1. The van der Waals surface area contributed by atoms with Crippen LogP contribution in [0, 0.1) is 0 Å². The van der Waals surface area contributed by atoms with Gasteiger partial charge in [0.2, 0.25) is 5.91 Å². The first-order valence-corrected chi connectivity index (χ1v) is 7.29. The topological polar surface area (TPSA) is 88.5 Å². The van der Waals surface area contributed by atoms with Crippen LogP contribution in [-0.2, 0) is 4.79 Å². The van der Waals surface area contributed by atoms with E-state index in [-0.39, 0.29) is 11.9 Å². The minimum atomic E-state index is -0.349. The van der Waals surface area contributed by atoms with E-state index >= 15 is 0 Å². The van der Waals surface area contributed by atoms with Crippen molar-refractivity contribution in [2.75, 3.05) is 24.1 Å².